The van der Waals surface area contributed by atoms with Crippen LogP contribution in [-0.4, -0.2) is 5.11 Å². The molecule has 0 aliphatic rings. The van der Waals surface area contributed by atoms with Crippen LogP contribution in [0.15, 0.2) is 28.8 Å². The molecular formula is C15H11N3O7. The first kappa shape index (κ1) is 16.5. The van der Waals surface area contributed by atoms with Crippen molar-refractivity contribution in [3.8, 4) is 5.75 Å². The highest BCUT2D eigenvalue weighted by atomic mass is 16.3. The molecule has 0 amide bonds. The number of nitrogens with two attached hydrogens (primary N) is 1. The molecule has 0 saturated heterocycles. The van der Waals surface area contributed by atoms with Gasteiger partial charge in [0, 0.05) is 25.2 Å². The summed E-state index contributed by atoms with van der Waals surface area (Å²) in [5.41, 5.74) is 0.329. The first-order chi connectivity index (χ1) is 11.8. The van der Waals surface area contributed by atoms with Crippen LogP contribution >= 0.6 is 0 Å². The molecule has 3 aromatic rings. The van der Waals surface area contributed by atoms with E-state index in [-0.39, 0.29) is 47.7 Å². The van der Waals surface area contributed by atoms with Crippen molar-refractivity contribution in [3.63, 3.8) is 0 Å². The van der Waals surface area contributed by atoms with Gasteiger partial charge in [-0.05, 0) is 0 Å². The van der Waals surface area contributed by atoms with Crippen molar-refractivity contribution in [2.75, 3.05) is 10.6 Å². The number of hydrogen-bond donors (Lipinski definition) is 4. The third-order valence-electron chi connectivity index (χ3n) is 4.09. The number of aromatic hydroxyl groups is 1. The molecule has 0 bridgehead atoms. The summed E-state index contributed by atoms with van der Waals surface area (Å²) in [4.78, 5) is 68.1. The van der Waals surface area contributed by atoms with Crippen LogP contribution in [0.1, 0.15) is 16.7 Å². The number of nitrogens with one attached hydrogen (secondary N) is 2. The van der Waals surface area contributed by atoms with Crippen LogP contribution < -0.4 is 48.9 Å². The van der Waals surface area contributed by atoms with Gasteiger partial charge in [0.25, 0.3) is 5.43 Å². The Morgan fingerprint density at radius 1 is 0.640 bits per heavy atom. The zero-order valence-electron chi connectivity index (χ0n) is 12.6. The lowest BCUT2D eigenvalue weighted by molar-refractivity contribution is 0.455. The van der Waals surface area contributed by atoms with E-state index in [0.29, 0.717) is 0 Å². The second-order valence-electron chi connectivity index (χ2n) is 5.42. The van der Waals surface area contributed by atoms with Gasteiger partial charge in [0.2, 0.25) is 27.1 Å². The maximum atomic E-state index is 11.6. The van der Waals surface area contributed by atoms with Gasteiger partial charge in [-0.25, -0.2) is 0 Å². The van der Waals surface area contributed by atoms with E-state index in [2.05, 4.69) is 10.6 Å². The standard InChI is InChI=1S/C15H11N3O7/c16-1-4-7(13(23)9(4)19)17-2-5-8(14(24)10(5)20)18-3-6-11(21)15(25)12(6)22/h17-18,21H,1-3,16H2. The van der Waals surface area contributed by atoms with E-state index >= 15 is 0 Å². The predicted octanol–water partition coefficient (Wildman–Crippen LogP) is -3.14. The minimum absolute atomic E-state index is 0.00613. The first-order valence-electron chi connectivity index (χ1n) is 7.12. The summed E-state index contributed by atoms with van der Waals surface area (Å²) in [6, 6.07) is 0. The molecular weight excluding hydrogens is 334 g/mol. The fourth-order valence-corrected chi connectivity index (χ4v) is 2.56. The Bertz CT molecular complexity index is 1210. The molecule has 0 radical (unpaired) electrons. The van der Waals surface area contributed by atoms with Gasteiger partial charge in [-0.1, -0.05) is 0 Å². The van der Waals surface area contributed by atoms with Crippen LogP contribution in [0, 0.1) is 0 Å². The molecule has 128 valence electrons. The second kappa shape index (κ2) is 5.60. The van der Waals surface area contributed by atoms with E-state index in [1.165, 1.54) is 0 Å². The van der Waals surface area contributed by atoms with E-state index in [4.69, 9.17) is 5.73 Å². The van der Waals surface area contributed by atoms with Crippen molar-refractivity contribution in [2.45, 2.75) is 19.6 Å². The van der Waals surface area contributed by atoms with Crippen LogP contribution in [0.4, 0.5) is 11.4 Å². The Morgan fingerprint density at radius 2 is 1.08 bits per heavy atom. The van der Waals surface area contributed by atoms with Crippen LogP contribution in [0.2, 0.25) is 0 Å². The van der Waals surface area contributed by atoms with Crippen molar-refractivity contribution < 1.29 is 5.11 Å². The highest BCUT2D eigenvalue weighted by molar-refractivity contribution is 5.61. The third-order valence-corrected chi connectivity index (χ3v) is 4.09. The zero-order valence-corrected chi connectivity index (χ0v) is 12.6. The highest BCUT2D eigenvalue weighted by Crippen LogP contribution is 2.15. The van der Waals surface area contributed by atoms with E-state index in [1.54, 1.807) is 0 Å². The minimum Gasteiger partial charge on any atom is -0.504 e. The van der Waals surface area contributed by atoms with Crippen molar-refractivity contribution in [1.29, 1.82) is 0 Å². The molecule has 0 aromatic heterocycles. The molecule has 10 heteroatoms. The average Bonchev–Trinajstić information content (AvgIpc) is 2.63. The maximum Gasteiger partial charge on any atom is 0.268 e. The fourth-order valence-electron chi connectivity index (χ4n) is 2.56. The highest BCUT2D eigenvalue weighted by Gasteiger charge is 2.25. The monoisotopic (exact) mass is 345 g/mol. The summed E-state index contributed by atoms with van der Waals surface area (Å²) in [5.74, 6) is -0.674. The molecule has 10 nitrogen and oxygen atoms in total. The molecule has 0 aliphatic heterocycles. The normalized spacial score (nSPS) is 11.4. The molecule has 0 saturated carbocycles. The zero-order chi connectivity index (χ0) is 18.5. The maximum absolute atomic E-state index is 11.6. The van der Waals surface area contributed by atoms with Gasteiger partial charge in [0.1, 0.15) is 0 Å². The lowest BCUT2D eigenvalue weighted by Gasteiger charge is -2.16. The molecule has 5 N–H and O–H groups in total. The second-order valence-corrected chi connectivity index (χ2v) is 5.42. The first-order valence-corrected chi connectivity index (χ1v) is 7.12. The SMILES string of the molecule is NCc1c(NCc2c(NCc3c(O)c(=O)c3=O)c(=O)c2=O)c(=O)c1=O. The molecule has 3 rings (SSSR count). The van der Waals surface area contributed by atoms with Gasteiger partial charge in [-0.15, -0.1) is 0 Å². The van der Waals surface area contributed by atoms with Crippen LogP contribution in [0.5, 0.6) is 5.75 Å². The van der Waals surface area contributed by atoms with Crippen LogP contribution in [0.25, 0.3) is 0 Å². The molecule has 0 atom stereocenters. The Balaban J connectivity index is 1.74. The van der Waals surface area contributed by atoms with Gasteiger partial charge in [-0.2, -0.15) is 0 Å². The van der Waals surface area contributed by atoms with Gasteiger partial charge in [0.15, 0.2) is 5.75 Å². The lowest BCUT2D eigenvalue weighted by Crippen LogP contribution is -2.43. The van der Waals surface area contributed by atoms with E-state index in [1.807, 2.05) is 0 Å². The van der Waals surface area contributed by atoms with Gasteiger partial charge >= 0.3 is 0 Å². The third kappa shape index (κ3) is 2.22. The van der Waals surface area contributed by atoms with E-state index in [0.717, 1.165) is 0 Å². The quantitative estimate of drug-likeness (QED) is 0.320. The smallest absolute Gasteiger partial charge is 0.268 e. The summed E-state index contributed by atoms with van der Waals surface area (Å²) in [5, 5.41) is 14.4. The molecule has 0 fully saturated rings. The Hall–Kier alpha value is -3.40. The van der Waals surface area contributed by atoms with Crippen LogP contribution in [0.3, 0.4) is 0 Å². The number of hydrogen-bond acceptors (Lipinski definition) is 10. The minimum atomic E-state index is -1.00. The Kier molecular flexibility index (Phi) is 3.68. The molecule has 25 heavy (non-hydrogen) atoms. The average molecular weight is 345 g/mol. The van der Waals surface area contributed by atoms with Crippen molar-refractivity contribution in [1.82, 2.24) is 0 Å². The summed E-state index contributed by atoms with van der Waals surface area (Å²) in [6.45, 7) is -0.613. The Morgan fingerprint density at radius 3 is 1.60 bits per heavy atom. The van der Waals surface area contributed by atoms with Crippen molar-refractivity contribution in [2.24, 2.45) is 5.73 Å². The fraction of sp³-hybridized carbons (Fsp3) is 0.200. The van der Waals surface area contributed by atoms with E-state index < -0.39 is 38.3 Å². The van der Waals surface area contributed by atoms with Gasteiger partial charge in [-0.3, -0.25) is 28.8 Å². The van der Waals surface area contributed by atoms with Gasteiger partial charge in [0.05, 0.1) is 22.5 Å². The lowest BCUT2D eigenvalue weighted by atomic mass is 10.0. The molecule has 0 aliphatic carbocycles. The predicted molar refractivity (Wildman–Crippen MR) is 88.3 cm³/mol. The molecule has 0 unspecified atom stereocenters. The Labute approximate surface area is 137 Å². The molecule has 0 spiro atoms. The molecule has 3 aromatic carbocycles. The van der Waals surface area contributed by atoms with Gasteiger partial charge < -0.3 is 21.5 Å². The summed E-state index contributed by atoms with van der Waals surface area (Å²) in [7, 11) is 0. The van der Waals surface area contributed by atoms with Crippen LogP contribution in [-0.2, 0) is 19.6 Å². The van der Waals surface area contributed by atoms with E-state index in [9.17, 15) is 33.9 Å². The number of rotatable bonds is 7. The number of anilines is 2. The molecule has 0 heterocycles. The summed E-state index contributed by atoms with van der Waals surface area (Å²) < 4.78 is 0. The van der Waals surface area contributed by atoms with Crippen molar-refractivity contribution >= 4 is 11.4 Å². The summed E-state index contributed by atoms with van der Waals surface area (Å²) in [6.07, 6.45) is 0. The summed E-state index contributed by atoms with van der Waals surface area (Å²) >= 11 is 0. The topological polar surface area (TPSA) is 173 Å². The largest absolute Gasteiger partial charge is 0.504 e. The van der Waals surface area contributed by atoms with Crippen molar-refractivity contribution in [3.05, 3.63) is 78.0 Å².